The van der Waals surface area contributed by atoms with Gasteiger partial charge in [-0.1, -0.05) is 59.4 Å². The molecule has 1 amide bonds. The molecule has 278 valence electrons. The van der Waals surface area contributed by atoms with Crippen molar-refractivity contribution in [2.24, 2.45) is 5.92 Å². The number of nitriles is 1. The summed E-state index contributed by atoms with van der Waals surface area (Å²) in [5.41, 5.74) is 5.25. The third kappa shape index (κ3) is 10.8. The molecule has 2 aromatic heterocycles. The maximum Gasteiger partial charge on any atom is 0.265 e. The highest BCUT2D eigenvalue weighted by Crippen LogP contribution is 2.29. The number of hydrogen-bond acceptors (Lipinski definition) is 8. The minimum Gasteiger partial charge on any atom is -0.367 e. The Labute approximate surface area is 309 Å². The van der Waals surface area contributed by atoms with Crippen LogP contribution < -0.4 is 10.2 Å². The predicted octanol–water partition coefficient (Wildman–Crippen LogP) is 8.21. The lowest BCUT2D eigenvalue weighted by Gasteiger charge is -2.44. The second-order valence-corrected chi connectivity index (χ2v) is 13.4. The molecule has 11 heteroatoms. The lowest BCUT2D eigenvalue weighted by molar-refractivity contribution is -0.144. The van der Waals surface area contributed by atoms with Gasteiger partial charge in [-0.2, -0.15) is 5.26 Å². The molecule has 1 N–H and O–H groups in total. The van der Waals surface area contributed by atoms with E-state index in [1.165, 1.54) is 23.4 Å². The number of hydrogen-bond donors (Lipinski definition) is 1. The highest BCUT2D eigenvalue weighted by atomic mass is 19.3. The number of nitrogens with one attached hydrogen (secondary N) is 1. The van der Waals surface area contributed by atoms with Gasteiger partial charge in [0.05, 0.1) is 35.3 Å². The van der Waals surface area contributed by atoms with Crippen LogP contribution in [0.15, 0.2) is 49.2 Å². The number of piperidine rings is 1. The van der Waals surface area contributed by atoms with E-state index >= 15 is 0 Å². The maximum absolute atomic E-state index is 12.9. The number of nitrogens with zero attached hydrogens (tertiary/aromatic N) is 7. The van der Waals surface area contributed by atoms with E-state index in [0.29, 0.717) is 36.6 Å². The minimum absolute atomic E-state index is 0.0884. The summed E-state index contributed by atoms with van der Waals surface area (Å²) in [6.45, 7) is 19.5. The van der Waals surface area contributed by atoms with Crippen LogP contribution >= 0.6 is 0 Å². The Kier molecular flexibility index (Phi) is 15.7. The van der Waals surface area contributed by atoms with Gasteiger partial charge in [0.15, 0.2) is 0 Å². The third-order valence-corrected chi connectivity index (χ3v) is 9.50. The molecule has 2 fully saturated rings. The summed E-state index contributed by atoms with van der Waals surface area (Å²) < 4.78 is 25.8. The number of likely N-dealkylation sites (tertiary alicyclic amines) is 1. The van der Waals surface area contributed by atoms with Crippen molar-refractivity contribution in [2.45, 2.75) is 91.7 Å². The molecule has 0 unspecified atom stereocenters. The summed E-state index contributed by atoms with van der Waals surface area (Å²) in [6, 6.07) is 15.1. The number of amides is 1. The summed E-state index contributed by atoms with van der Waals surface area (Å²) >= 11 is 0. The second kappa shape index (κ2) is 19.7. The van der Waals surface area contributed by atoms with Crippen LogP contribution in [0, 0.1) is 30.1 Å². The van der Waals surface area contributed by atoms with Crippen LogP contribution in [0.25, 0.3) is 17.3 Å². The number of aromatic nitrogens is 3. The molecule has 1 atom stereocenters. The topological polar surface area (TPSA) is 101 Å². The zero-order valence-corrected chi connectivity index (χ0v) is 31.6. The Hall–Kier alpha value is -4.87. The maximum atomic E-state index is 12.9. The average Bonchev–Trinajstić information content (AvgIpc) is 3.16. The number of aryl methyl sites for hydroxylation is 1. The molecule has 0 saturated carbocycles. The van der Waals surface area contributed by atoms with Gasteiger partial charge in [0.2, 0.25) is 11.9 Å². The lowest BCUT2D eigenvalue weighted by Crippen LogP contribution is -2.55. The third-order valence-electron chi connectivity index (χ3n) is 9.50. The van der Waals surface area contributed by atoms with Gasteiger partial charge in [-0.25, -0.2) is 23.7 Å². The fourth-order valence-corrected chi connectivity index (χ4v) is 6.81. The van der Waals surface area contributed by atoms with Crippen LogP contribution in [0.2, 0.25) is 0 Å². The quantitative estimate of drug-likeness (QED) is 0.210. The summed E-state index contributed by atoms with van der Waals surface area (Å²) in [7, 11) is 0. The second-order valence-electron chi connectivity index (χ2n) is 13.4. The highest BCUT2D eigenvalue weighted by Gasteiger charge is 2.37. The zero-order valence-electron chi connectivity index (χ0n) is 31.6. The Bertz CT molecular complexity index is 1700. The Balaban J connectivity index is 0.000000408. The van der Waals surface area contributed by atoms with E-state index in [1.54, 1.807) is 26.1 Å². The molecule has 2 aliphatic rings. The average molecular weight is 713 g/mol. The van der Waals surface area contributed by atoms with Crippen LogP contribution in [0.5, 0.6) is 0 Å². The number of terminal acetylenes is 1. The standard InChI is InChI=1S/C30H37N7.C9H15F2NO.C2H2/c1-6-22-10-11-23(18-24(22)19-31)27-14-15-32-30(34-27)35-29-13-12-28(26(9-4)33-29)36-16-17-37(21(5)20-36)25(7-2)8-3;1-7(2)8(13)12-5-3-4-9(10,11)6-12;1-2/h6,10-15,18,21,25H,1,7-9,16-17,20H2,2-5H3,(H,32,33,34,35);7H,3-6H2,1-2H3;1-2H/t21-;;/m0../s1. The highest BCUT2D eigenvalue weighted by molar-refractivity contribution is 5.78. The van der Waals surface area contributed by atoms with Crippen molar-refractivity contribution in [2.75, 3.05) is 42.9 Å². The van der Waals surface area contributed by atoms with E-state index in [0.717, 1.165) is 54.4 Å². The SMILES string of the molecule is C#C.C=Cc1ccc(-c2ccnc(Nc3ccc(N4CCN(C(CC)CC)[C@@H](C)C4)c(CC)n3)n2)cc1C#N.CC(C)C(=O)N1CCCC(F)(F)C1. The van der Waals surface area contributed by atoms with Crippen molar-refractivity contribution in [1.29, 1.82) is 5.26 Å². The molecule has 52 heavy (non-hydrogen) atoms. The molecule has 0 bridgehead atoms. The number of anilines is 3. The van der Waals surface area contributed by atoms with Gasteiger partial charge >= 0.3 is 0 Å². The number of halogens is 2. The van der Waals surface area contributed by atoms with Crippen LogP contribution in [0.1, 0.15) is 84.0 Å². The molecular formula is C41H54F2N8O. The van der Waals surface area contributed by atoms with Crippen LogP contribution in [-0.4, -0.2) is 81.4 Å². The van der Waals surface area contributed by atoms with Gasteiger partial charge in [-0.15, -0.1) is 12.8 Å². The largest absolute Gasteiger partial charge is 0.367 e. The molecule has 9 nitrogen and oxygen atoms in total. The number of benzene rings is 1. The summed E-state index contributed by atoms with van der Waals surface area (Å²) in [5, 5.41) is 12.7. The van der Waals surface area contributed by atoms with Crippen LogP contribution in [0.3, 0.4) is 0 Å². The van der Waals surface area contributed by atoms with Gasteiger partial charge in [0, 0.05) is 62.4 Å². The van der Waals surface area contributed by atoms with Crippen molar-refractivity contribution in [1.82, 2.24) is 24.8 Å². The predicted molar refractivity (Wildman–Crippen MR) is 207 cm³/mol. The molecule has 0 radical (unpaired) electrons. The first-order valence-electron chi connectivity index (χ1n) is 18.2. The number of pyridine rings is 1. The minimum atomic E-state index is -2.68. The molecule has 2 aliphatic heterocycles. The van der Waals surface area contributed by atoms with E-state index in [9.17, 15) is 18.8 Å². The molecule has 3 aromatic rings. The van der Waals surface area contributed by atoms with E-state index in [-0.39, 0.29) is 18.2 Å². The Morgan fingerprint density at radius 1 is 1.12 bits per heavy atom. The van der Waals surface area contributed by atoms with Gasteiger partial charge in [-0.3, -0.25) is 9.69 Å². The normalized spacial score (nSPS) is 16.9. The summed E-state index contributed by atoms with van der Waals surface area (Å²) in [4.78, 5) is 31.8. The Morgan fingerprint density at radius 3 is 2.44 bits per heavy atom. The van der Waals surface area contributed by atoms with Crippen molar-refractivity contribution in [3.63, 3.8) is 0 Å². The van der Waals surface area contributed by atoms with Crippen molar-refractivity contribution >= 4 is 29.4 Å². The molecular weight excluding hydrogens is 659 g/mol. The molecule has 4 heterocycles. The van der Waals surface area contributed by atoms with Gasteiger partial charge < -0.3 is 15.1 Å². The van der Waals surface area contributed by atoms with Crippen molar-refractivity contribution in [3.8, 4) is 30.2 Å². The number of carbonyl (C=O) groups is 1. The fraction of sp³-hybridized carbons (Fsp3) is 0.488. The Morgan fingerprint density at radius 2 is 1.85 bits per heavy atom. The smallest absolute Gasteiger partial charge is 0.265 e. The van der Waals surface area contributed by atoms with Crippen molar-refractivity contribution < 1.29 is 13.6 Å². The molecule has 5 rings (SSSR count). The molecule has 0 aliphatic carbocycles. The number of rotatable bonds is 10. The van der Waals surface area contributed by atoms with E-state index in [1.807, 2.05) is 30.3 Å². The van der Waals surface area contributed by atoms with Gasteiger partial charge in [0.1, 0.15) is 5.82 Å². The first-order valence-corrected chi connectivity index (χ1v) is 18.2. The monoisotopic (exact) mass is 712 g/mol. The van der Waals surface area contributed by atoms with Crippen LogP contribution in [0.4, 0.5) is 26.2 Å². The molecule has 2 saturated heterocycles. The van der Waals surface area contributed by atoms with E-state index in [2.05, 4.69) is 84.3 Å². The summed E-state index contributed by atoms with van der Waals surface area (Å²) in [5.74, 6) is -1.84. The molecule has 0 spiro atoms. The van der Waals surface area contributed by atoms with Crippen LogP contribution in [-0.2, 0) is 11.2 Å². The zero-order chi connectivity index (χ0) is 38.4. The number of piperazine rings is 1. The van der Waals surface area contributed by atoms with E-state index in [4.69, 9.17) is 4.98 Å². The molecule has 1 aromatic carbocycles. The number of alkyl halides is 2. The first-order chi connectivity index (χ1) is 24.9. The van der Waals surface area contributed by atoms with E-state index < -0.39 is 12.5 Å². The lowest BCUT2D eigenvalue weighted by atomic mass is 10.0. The summed E-state index contributed by atoms with van der Waals surface area (Å²) in [6.07, 6.45) is 15.0. The fourth-order valence-electron chi connectivity index (χ4n) is 6.81. The first kappa shape index (κ1) is 41.5. The van der Waals surface area contributed by atoms with Gasteiger partial charge in [0.25, 0.3) is 5.92 Å². The number of carbonyl (C=O) groups excluding carboxylic acids is 1. The van der Waals surface area contributed by atoms with Gasteiger partial charge in [-0.05, 0) is 62.4 Å². The van der Waals surface area contributed by atoms with Crippen molar-refractivity contribution in [3.05, 3.63) is 66.0 Å².